The fraction of sp³-hybridized carbons (Fsp3) is 0.250. The Morgan fingerprint density at radius 2 is 1.80 bits per heavy atom. The number of benzene rings is 1. The number of sulfonamides is 1. The maximum atomic E-state index is 13.6. The third-order valence-corrected chi connectivity index (χ3v) is 4.66. The summed E-state index contributed by atoms with van der Waals surface area (Å²) >= 11 is 0. The summed E-state index contributed by atoms with van der Waals surface area (Å²) in [6.45, 7) is 1.80. The van der Waals surface area contributed by atoms with Gasteiger partial charge in [0.1, 0.15) is 6.17 Å². The smallest absolute Gasteiger partial charge is 0.305 e. The summed E-state index contributed by atoms with van der Waals surface area (Å²) in [5, 5.41) is 0. The lowest BCUT2D eigenvalue weighted by Crippen LogP contribution is -2.53. The van der Waals surface area contributed by atoms with Crippen LogP contribution >= 0.6 is 0 Å². The molecule has 0 fully saturated rings. The normalized spacial score (nSPS) is 20.1. The molecule has 1 aliphatic heterocycles. The number of hydrogen-bond donors (Lipinski definition) is 1. The van der Waals surface area contributed by atoms with E-state index in [2.05, 4.69) is 0 Å². The quantitative estimate of drug-likeness (QED) is 0.887. The molecule has 1 heterocycles. The molecule has 1 aromatic carbocycles. The molecule has 2 rings (SSSR count). The zero-order valence-corrected chi connectivity index (χ0v) is 11.8. The van der Waals surface area contributed by atoms with Crippen molar-refractivity contribution in [2.45, 2.75) is 18.0 Å². The first-order chi connectivity index (χ1) is 9.25. The van der Waals surface area contributed by atoms with Crippen molar-refractivity contribution in [1.29, 1.82) is 0 Å². The van der Waals surface area contributed by atoms with Gasteiger partial charge in [-0.3, -0.25) is 0 Å². The summed E-state index contributed by atoms with van der Waals surface area (Å²) in [6.07, 6.45) is -0.658. The minimum Gasteiger partial charge on any atom is -0.305 e. The molecule has 108 valence electrons. The predicted molar refractivity (Wildman–Crippen MR) is 70.5 cm³/mol. The van der Waals surface area contributed by atoms with Crippen LogP contribution in [0, 0.1) is 6.92 Å². The first kappa shape index (κ1) is 14.5. The second kappa shape index (κ2) is 4.88. The summed E-state index contributed by atoms with van der Waals surface area (Å²) in [6, 6.07) is 5.00. The molecule has 2 amide bonds. The minimum absolute atomic E-state index is 0.0932. The highest BCUT2D eigenvalue weighted by Crippen LogP contribution is 2.24. The Morgan fingerprint density at radius 3 is 2.35 bits per heavy atom. The number of hydrogen-bond acceptors (Lipinski definition) is 4. The number of amides is 2. The lowest BCUT2D eigenvalue weighted by molar-refractivity contribution is 0.171. The van der Waals surface area contributed by atoms with Crippen molar-refractivity contribution in [2.75, 3.05) is 7.05 Å². The molecule has 0 bridgehead atoms. The van der Waals surface area contributed by atoms with Gasteiger partial charge in [0.05, 0.1) is 11.1 Å². The van der Waals surface area contributed by atoms with Crippen LogP contribution in [0.4, 0.5) is 9.18 Å². The zero-order valence-electron chi connectivity index (χ0n) is 10.9. The molecule has 0 saturated heterocycles. The van der Waals surface area contributed by atoms with Gasteiger partial charge in [-0.05, 0) is 19.1 Å². The maximum absolute atomic E-state index is 13.6. The molecule has 0 radical (unpaired) electrons. The van der Waals surface area contributed by atoms with E-state index < -0.39 is 28.0 Å². The van der Waals surface area contributed by atoms with Crippen LogP contribution in [0.5, 0.6) is 0 Å². The second-order valence-electron chi connectivity index (χ2n) is 4.47. The van der Waals surface area contributed by atoms with E-state index in [1.165, 1.54) is 19.2 Å². The number of rotatable bonds is 2. The average molecular weight is 299 g/mol. The molecule has 6 nitrogen and oxygen atoms in total. The Kier molecular flexibility index (Phi) is 3.53. The van der Waals surface area contributed by atoms with Gasteiger partial charge >= 0.3 is 6.03 Å². The minimum atomic E-state index is -4.15. The van der Waals surface area contributed by atoms with E-state index in [0.717, 1.165) is 10.5 Å². The average Bonchev–Trinajstić information content (AvgIpc) is 2.41. The molecule has 1 unspecified atom stereocenters. The van der Waals surface area contributed by atoms with E-state index in [0.29, 0.717) is 10.5 Å². The van der Waals surface area contributed by atoms with Crippen LogP contribution in [0.2, 0.25) is 0 Å². The summed E-state index contributed by atoms with van der Waals surface area (Å²) in [7, 11) is -2.91. The molecule has 8 heteroatoms. The van der Waals surface area contributed by atoms with E-state index in [9.17, 15) is 17.6 Å². The first-order valence-electron chi connectivity index (χ1n) is 5.76. The molecule has 0 aromatic heterocycles. The van der Waals surface area contributed by atoms with Crippen molar-refractivity contribution in [3.05, 3.63) is 41.9 Å². The molecule has 2 N–H and O–H groups in total. The van der Waals surface area contributed by atoms with Gasteiger partial charge < -0.3 is 10.6 Å². The van der Waals surface area contributed by atoms with E-state index in [1.807, 2.05) is 0 Å². The Morgan fingerprint density at radius 1 is 1.25 bits per heavy atom. The van der Waals surface area contributed by atoms with Crippen LogP contribution in [0.3, 0.4) is 0 Å². The van der Waals surface area contributed by atoms with E-state index in [4.69, 9.17) is 5.73 Å². The van der Waals surface area contributed by atoms with Gasteiger partial charge in [0, 0.05) is 7.05 Å². The van der Waals surface area contributed by atoms with E-state index in [-0.39, 0.29) is 4.90 Å². The van der Waals surface area contributed by atoms with Crippen LogP contribution < -0.4 is 5.73 Å². The molecular weight excluding hydrogens is 285 g/mol. The molecular formula is C12H14FN3O3S. The Bertz CT molecular complexity index is 670. The van der Waals surface area contributed by atoms with Gasteiger partial charge in [-0.25, -0.2) is 17.6 Å². The van der Waals surface area contributed by atoms with Gasteiger partial charge in [-0.1, -0.05) is 17.7 Å². The van der Waals surface area contributed by atoms with Crippen LogP contribution in [0.1, 0.15) is 5.56 Å². The zero-order chi connectivity index (χ0) is 15.1. The summed E-state index contributed by atoms with van der Waals surface area (Å²) in [5.74, 6) is -0.900. The van der Waals surface area contributed by atoms with Crippen LogP contribution in [0.25, 0.3) is 0 Å². The topological polar surface area (TPSA) is 83.7 Å². The van der Waals surface area contributed by atoms with Crippen LogP contribution in [-0.2, 0) is 10.0 Å². The van der Waals surface area contributed by atoms with Crippen molar-refractivity contribution in [1.82, 2.24) is 9.21 Å². The second-order valence-corrected chi connectivity index (χ2v) is 6.28. The number of aryl methyl sites for hydroxylation is 1. The number of carbonyl (C=O) groups is 1. The highest BCUT2D eigenvalue weighted by molar-refractivity contribution is 7.89. The van der Waals surface area contributed by atoms with Crippen molar-refractivity contribution < 1.29 is 17.6 Å². The van der Waals surface area contributed by atoms with Crippen molar-refractivity contribution in [3.8, 4) is 0 Å². The standard InChI is InChI=1S/C12H14FN3O3S/c1-8-3-5-9(6-4-8)20(18,19)16-7-10(13)11(14)15(2)12(16)17/h3-7,11H,14H2,1-2H3. The third-order valence-electron chi connectivity index (χ3n) is 3.01. The maximum Gasteiger partial charge on any atom is 0.339 e. The van der Waals surface area contributed by atoms with Crippen LogP contribution in [0.15, 0.2) is 41.2 Å². The number of halogens is 1. The molecule has 1 atom stereocenters. The largest absolute Gasteiger partial charge is 0.339 e. The highest BCUT2D eigenvalue weighted by atomic mass is 32.2. The monoisotopic (exact) mass is 299 g/mol. The summed E-state index contributed by atoms with van der Waals surface area (Å²) in [4.78, 5) is 12.7. The Balaban J connectivity index is 2.49. The first-order valence-corrected chi connectivity index (χ1v) is 7.20. The van der Waals surface area contributed by atoms with Gasteiger partial charge in [0.15, 0.2) is 5.83 Å². The van der Waals surface area contributed by atoms with E-state index >= 15 is 0 Å². The molecule has 20 heavy (non-hydrogen) atoms. The van der Waals surface area contributed by atoms with Crippen molar-refractivity contribution >= 4 is 16.1 Å². The number of urea groups is 1. The van der Waals surface area contributed by atoms with Gasteiger partial charge in [0.25, 0.3) is 10.0 Å². The summed E-state index contributed by atoms with van der Waals surface area (Å²) < 4.78 is 38.6. The Hall–Kier alpha value is -1.93. The SMILES string of the molecule is Cc1ccc(S(=O)(=O)N2C=C(F)C(N)N(C)C2=O)cc1. The molecule has 1 aromatic rings. The van der Waals surface area contributed by atoms with E-state index in [1.54, 1.807) is 19.1 Å². The fourth-order valence-corrected chi connectivity index (χ4v) is 2.98. The fourth-order valence-electron chi connectivity index (χ4n) is 1.70. The van der Waals surface area contributed by atoms with Gasteiger partial charge in [-0.2, -0.15) is 4.31 Å². The lowest BCUT2D eigenvalue weighted by Gasteiger charge is -2.33. The van der Waals surface area contributed by atoms with Crippen molar-refractivity contribution in [3.63, 3.8) is 0 Å². The third kappa shape index (κ3) is 2.27. The van der Waals surface area contributed by atoms with Crippen LogP contribution in [-0.4, -0.2) is 36.9 Å². The van der Waals surface area contributed by atoms with Gasteiger partial charge in [-0.15, -0.1) is 0 Å². The summed E-state index contributed by atoms with van der Waals surface area (Å²) in [5.41, 5.74) is 6.29. The predicted octanol–water partition coefficient (Wildman–Crippen LogP) is 1.15. The number of nitrogens with two attached hydrogens (primary N) is 1. The molecule has 0 aliphatic carbocycles. The molecule has 0 spiro atoms. The van der Waals surface area contributed by atoms with Gasteiger partial charge in [0.2, 0.25) is 0 Å². The highest BCUT2D eigenvalue weighted by Gasteiger charge is 2.37. The molecule has 1 aliphatic rings. The number of carbonyl (C=O) groups excluding carboxylic acids is 1. The van der Waals surface area contributed by atoms with Crippen molar-refractivity contribution in [2.24, 2.45) is 5.73 Å². The lowest BCUT2D eigenvalue weighted by atomic mass is 10.2. The number of nitrogens with zero attached hydrogens (tertiary/aromatic N) is 2. The Labute approximate surface area is 116 Å². The molecule has 0 saturated carbocycles. The number of likely N-dealkylation sites (N-methyl/N-ethyl adjacent to an activating group) is 1.